The zero-order valence-electron chi connectivity index (χ0n) is 72.8. The number of halogens is 3. The summed E-state index contributed by atoms with van der Waals surface area (Å²) in [6.07, 6.45) is -10.1. The van der Waals surface area contributed by atoms with Crippen molar-refractivity contribution in [2.24, 2.45) is 46.2 Å². The monoisotopic (exact) mass is 1850 g/mol. The molecule has 0 radical (unpaired) electrons. The highest BCUT2D eigenvalue weighted by molar-refractivity contribution is 6.02. The van der Waals surface area contributed by atoms with E-state index in [1.165, 1.54) is 24.3 Å². The molecule has 0 spiro atoms. The summed E-state index contributed by atoms with van der Waals surface area (Å²) < 4.78 is 31.7. The van der Waals surface area contributed by atoms with Gasteiger partial charge in [-0.1, -0.05) is 100 Å². The summed E-state index contributed by atoms with van der Waals surface area (Å²) >= 11 is 0. The average Bonchev–Trinajstić information content (AvgIpc) is 1.72. The number of unbranched alkanes of at least 4 members (excludes halogenated alkanes) is 1. The molecule has 3 aromatic carbocycles. The molecule has 2 aliphatic rings. The van der Waals surface area contributed by atoms with Crippen LogP contribution in [0.2, 0.25) is 0 Å². The Kier molecular flexibility index (Phi) is 45.7. The quantitative estimate of drug-likeness (QED) is 0.0143. The summed E-state index contributed by atoms with van der Waals surface area (Å²) in [6.45, 7) is 5.93. The van der Waals surface area contributed by atoms with Crippen LogP contribution >= 0.6 is 0 Å². The van der Waals surface area contributed by atoms with Crippen molar-refractivity contribution >= 4 is 118 Å². The molecule has 722 valence electrons. The number of nitrogens with two attached hydrogens (primary N) is 6. The fourth-order valence-electron chi connectivity index (χ4n) is 14.0. The number of phenols is 1. The van der Waals surface area contributed by atoms with Crippen molar-refractivity contribution in [3.8, 4) is 5.75 Å². The lowest BCUT2D eigenvalue weighted by molar-refractivity contribution is -0.192. The van der Waals surface area contributed by atoms with Crippen LogP contribution in [0.4, 0.5) is 13.2 Å². The Labute approximate surface area is 751 Å². The number of rotatable bonds is 53. The fourth-order valence-corrected chi connectivity index (χ4v) is 14.0. The maximum atomic E-state index is 14.8. The van der Waals surface area contributed by atoms with Crippen LogP contribution in [0.15, 0.2) is 84.9 Å². The summed E-state index contributed by atoms with van der Waals surface area (Å²) in [5.74, 6) is -23.9. The van der Waals surface area contributed by atoms with E-state index < -0.39 is 254 Å². The van der Waals surface area contributed by atoms with Gasteiger partial charge in [0.25, 0.3) is 0 Å². The molecule has 0 aromatic heterocycles. The molecule has 2 saturated heterocycles. The molecular weight excluding hydrogens is 1730 g/mol. The number of aliphatic hydroxyl groups excluding tert-OH is 1. The van der Waals surface area contributed by atoms with Gasteiger partial charge in [-0.15, -0.1) is 0 Å². The molecule has 5 rings (SSSR count). The molecular formula is C83H120F3N21O24. The topological polar surface area (TPSA) is 756 Å². The largest absolute Gasteiger partial charge is 0.508 e. The SMILES string of the molecule is CC(C)C[C@H](NC(=O)[C@H](CC(C)C)NC(=O)[C@H](Cc1ccccc1)NC(=O)[C@@H](N)CO)C(=O)N[C@@H](CCCNC(=N)N)C(=O)N[C@@H](CC(N)=O)C(=O)N1CCC[C@H]1C(=O)N[C@@H](CC(N)=O)C(=O)N[C@@H](CC(=O)O)C(=O)N[C@@H](CCCCN)C(=O)N[C@@H](Cc1ccc(O)cc1)C(=O)N[C@@H](CCC(=O)O)C(=O)N1CCC[C@H]1C(=O)N[C@@H](Cc1ccccc1)C(N)=O.O=C(O)C(F)(F)F. The lowest BCUT2D eigenvalue weighted by Gasteiger charge is -2.31. The molecule has 2 heterocycles. The van der Waals surface area contributed by atoms with Crippen LogP contribution in [0.3, 0.4) is 0 Å². The third-order valence-corrected chi connectivity index (χ3v) is 20.5. The third kappa shape index (κ3) is 39.1. The van der Waals surface area contributed by atoms with Crippen molar-refractivity contribution < 1.29 is 130 Å². The van der Waals surface area contributed by atoms with E-state index in [1.807, 2.05) is 0 Å². The van der Waals surface area contributed by atoms with Crippen LogP contribution in [-0.2, 0) is 110 Å². The highest BCUT2D eigenvalue weighted by Gasteiger charge is 2.45. The number of aromatic hydroxyl groups is 1. The fraction of sp³-hybridized carbons (Fsp3) is 0.542. The Morgan fingerprint density at radius 3 is 1.21 bits per heavy atom. The first-order valence-corrected chi connectivity index (χ1v) is 42.2. The summed E-state index contributed by atoms with van der Waals surface area (Å²) in [5, 5.41) is 84.5. The predicted octanol–water partition coefficient (Wildman–Crippen LogP) is -5.25. The van der Waals surface area contributed by atoms with Crippen LogP contribution in [0.1, 0.15) is 147 Å². The number of likely N-dealkylation sites (tertiary alicyclic amines) is 2. The number of carboxylic acids is 3. The van der Waals surface area contributed by atoms with E-state index in [4.69, 9.17) is 49.7 Å². The number of phenolic OH excluding ortho intramolecular Hbond substituents is 1. The maximum Gasteiger partial charge on any atom is 0.490 e. The number of amides is 16. The standard InChI is InChI=1S/C81H119N21O22.C2HF3O2/c1-43(2)34-54(95-72(116)55(35-44(3)4)96-74(118)56(94-68(112)49(83)42-103)37-46-18-9-6-10-19-46)71(115)91-51(21-13-31-89-81(87)88)70(114)100-60(40-64(85)106)80(124)102-33-15-23-62(102)78(122)99-58(39-63(84)105)75(119)98-59(41-66(109)110)76(120)90-50(20-11-12-30-82)69(113)97-57(38-47-24-26-48(104)27-25-47)73(117)92-52(28-29-65(107)108)79(123)101-32-14-22-61(101)77(121)93-53(67(86)111)36-45-16-7-5-8-17-45;3-2(4,5)1(6)7/h5-10,16-19,24-27,43-44,49-62,103-104H,11-15,20-23,28-42,82-83H2,1-4H3,(H2,84,105)(H2,85,106)(H2,86,111)(H,90,120)(H,91,115)(H,92,117)(H,93,121)(H,94,112)(H,95,116)(H,96,118)(H,97,113)(H,98,119)(H,99,122)(H,100,114)(H,107,108)(H,109,110)(H4,87,88,89);(H,6,7)/t49-,50-,51-,52-,53-,54-,55-,56-,57-,58-,59-,60-,61-,62-;/m0./s1. The van der Waals surface area contributed by atoms with Gasteiger partial charge in [-0.3, -0.25) is 91.7 Å². The molecule has 0 saturated carbocycles. The van der Waals surface area contributed by atoms with E-state index in [-0.39, 0.29) is 127 Å². The van der Waals surface area contributed by atoms with E-state index >= 15 is 0 Å². The lowest BCUT2D eigenvalue weighted by atomic mass is 9.98. The average molecular weight is 1850 g/mol. The first-order valence-electron chi connectivity index (χ1n) is 42.2. The smallest absolute Gasteiger partial charge is 0.490 e. The molecule has 2 aliphatic heterocycles. The molecule has 48 heteroatoms. The minimum absolute atomic E-state index is 0.000903. The van der Waals surface area contributed by atoms with Crippen molar-refractivity contribution in [3.63, 3.8) is 0 Å². The zero-order valence-corrected chi connectivity index (χ0v) is 72.8. The number of nitrogens with one attached hydrogen (secondary N) is 13. The number of carboxylic acid groups (broad SMARTS) is 3. The van der Waals surface area contributed by atoms with Gasteiger partial charge in [0.15, 0.2) is 5.96 Å². The van der Waals surface area contributed by atoms with Gasteiger partial charge in [-0.25, -0.2) is 4.79 Å². The van der Waals surface area contributed by atoms with E-state index in [0.717, 1.165) is 9.80 Å². The number of benzene rings is 3. The van der Waals surface area contributed by atoms with Crippen molar-refractivity contribution in [1.82, 2.24) is 73.6 Å². The highest BCUT2D eigenvalue weighted by atomic mass is 19.4. The second-order valence-corrected chi connectivity index (χ2v) is 32.2. The number of carbonyl (C=O) groups excluding carboxylic acids is 16. The molecule has 131 heavy (non-hydrogen) atoms. The first-order chi connectivity index (χ1) is 61.6. The van der Waals surface area contributed by atoms with Gasteiger partial charge in [0.1, 0.15) is 90.3 Å². The van der Waals surface area contributed by atoms with Crippen molar-refractivity contribution in [2.45, 2.75) is 240 Å². The summed E-state index contributed by atoms with van der Waals surface area (Å²) in [6, 6.07) is 0.0826. The lowest BCUT2D eigenvalue weighted by Crippen LogP contribution is -2.61. The van der Waals surface area contributed by atoms with Crippen molar-refractivity contribution in [2.75, 3.05) is 32.8 Å². The van der Waals surface area contributed by atoms with Gasteiger partial charge in [0, 0.05) is 45.3 Å². The maximum absolute atomic E-state index is 14.8. The molecule has 0 aliphatic carbocycles. The number of aliphatic hydroxyl groups is 1. The summed E-state index contributed by atoms with van der Waals surface area (Å²) in [4.78, 5) is 261. The third-order valence-electron chi connectivity index (χ3n) is 20.5. The molecule has 0 bridgehead atoms. The number of guanidine groups is 1. The van der Waals surface area contributed by atoms with Gasteiger partial charge in [0.05, 0.1) is 25.9 Å². The van der Waals surface area contributed by atoms with E-state index in [2.05, 4.69) is 63.8 Å². The van der Waals surface area contributed by atoms with E-state index in [0.29, 0.717) is 16.7 Å². The number of hydrogen-bond donors (Lipinski definition) is 24. The number of hydrogen-bond acceptors (Lipinski definition) is 24. The normalized spacial score (nSPS) is 16.2. The van der Waals surface area contributed by atoms with E-state index in [1.54, 1.807) is 88.4 Å². The van der Waals surface area contributed by atoms with Gasteiger partial charge in [0.2, 0.25) is 94.5 Å². The molecule has 45 nitrogen and oxygen atoms in total. The number of nitrogens with zero attached hydrogens (tertiary/aromatic N) is 2. The minimum atomic E-state index is -5.08. The van der Waals surface area contributed by atoms with Crippen LogP contribution in [0.5, 0.6) is 5.75 Å². The number of alkyl halides is 3. The molecule has 14 atom stereocenters. The Balaban J connectivity index is 0.00000491. The summed E-state index contributed by atoms with van der Waals surface area (Å²) in [7, 11) is 0. The molecule has 16 amide bonds. The molecule has 0 unspecified atom stereocenters. The van der Waals surface area contributed by atoms with Crippen LogP contribution < -0.4 is 98.2 Å². The Hall–Kier alpha value is -13.7. The van der Waals surface area contributed by atoms with Crippen molar-refractivity contribution in [3.05, 3.63) is 102 Å². The number of aliphatic carboxylic acids is 3. The predicted molar refractivity (Wildman–Crippen MR) is 458 cm³/mol. The second kappa shape index (κ2) is 54.6. The van der Waals surface area contributed by atoms with Gasteiger partial charge in [-0.2, -0.15) is 13.2 Å². The Morgan fingerprint density at radius 1 is 0.443 bits per heavy atom. The number of primary amides is 3. The zero-order chi connectivity index (χ0) is 98.1. The molecule has 30 N–H and O–H groups in total. The minimum Gasteiger partial charge on any atom is -0.508 e. The Bertz CT molecular complexity index is 4460. The van der Waals surface area contributed by atoms with Gasteiger partial charge >= 0.3 is 24.1 Å². The molecule has 3 aromatic rings. The van der Waals surface area contributed by atoms with Gasteiger partial charge < -0.3 is 134 Å². The van der Waals surface area contributed by atoms with Crippen LogP contribution in [-0.4, -0.2) is 277 Å². The van der Waals surface area contributed by atoms with E-state index in [9.17, 15) is 120 Å². The molecule has 2 fully saturated rings. The number of carbonyl (C=O) groups is 19. The Morgan fingerprint density at radius 2 is 0.802 bits per heavy atom. The second-order valence-electron chi connectivity index (χ2n) is 32.2. The van der Waals surface area contributed by atoms with Gasteiger partial charge in [-0.05, 0) is 124 Å². The first kappa shape index (κ1) is 110. The van der Waals surface area contributed by atoms with Crippen molar-refractivity contribution in [1.29, 1.82) is 5.41 Å². The summed E-state index contributed by atoms with van der Waals surface area (Å²) in [5.41, 5.74) is 35.6. The van der Waals surface area contributed by atoms with Crippen LogP contribution in [0, 0.1) is 17.2 Å². The van der Waals surface area contributed by atoms with Crippen LogP contribution in [0.25, 0.3) is 0 Å². The highest BCUT2D eigenvalue weighted by Crippen LogP contribution is 2.24.